The lowest BCUT2D eigenvalue weighted by molar-refractivity contribution is 0.192. The van der Waals surface area contributed by atoms with Crippen molar-refractivity contribution in [3.05, 3.63) is 60.7 Å². The van der Waals surface area contributed by atoms with E-state index in [1.807, 2.05) is 60.7 Å². The zero-order valence-electron chi connectivity index (χ0n) is 16.4. The molecule has 0 aliphatic heterocycles. The van der Waals surface area contributed by atoms with Gasteiger partial charge in [0.2, 0.25) is 7.14 Å². The molecule has 0 aromatic heterocycles. The van der Waals surface area contributed by atoms with Gasteiger partial charge in [-0.25, -0.2) is 0 Å². The van der Waals surface area contributed by atoms with Gasteiger partial charge in [0.05, 0.1) is 0 Å². The molecule has 0 aliphatic rings. The van der Waals surface area contributed by atoms with Crippen LogP contribution in [0.4, 0.5) is 0 Å². The zero-order valence-corrected chi connectivity index (χ0v) is 17.3. The molecule has 0 N–H and O–H groups in total. The molecule has 0 bridgehead atoms. The molecule has 0 heterocycles. The van der Waals surface area contributed by atoms with Crippen LogP contribution in [0.3, 0.4) is 0 Å². The molecule has 0 atom stereocenters. The molecule has 144 valence electrons. The summed E-state index contributed by atoms with van der Waals surface area (Å²) >= 11 is 0. The van der Waals surface area contributed by atoms with Crippen LogP contribution in [0.25, 0.3) is 0 Å². The highest BCUT2D eigenvalue weighted by atomic mass is 31.2. The highest BCUT2D eigenvalue weighted by molar-refractivity contribution is 7.83. The molecule has 2 aromatic rings. The Labute approximate surface area is 164 Å². The minimum atomic E-state index is -2.87. The number of hydrogen-bond donors (Lipinski definition) is 0. The normalized spacial score (nSPS) is 11.0. The van der Waals surface area contributed by atoms with Gasteiger partial charge in [0, 0.05) is 30.7 Å². The second-order valence-corrected chi connectivity index (χ2v) is 9.26. The van der Waals surface area contributed by atoms with Crippen molar-refractivity contribution in [2.45, 2.75) is 51.4 Å². The molecule has 0 amide bonds. The second-order valence-electron chi connectivity index (χ2n) is 6.79. The van der Waals surface area contributed by atoms with Crippen molar-refractivity contribution >= 4 is 17.8 Å². The molecule has 0 spiro atoms. The lowest BCUT2D eigenvalue weighted by Gasteiger charge is -2.12. The molecule has 2 aromatic carbocycles. The first kappa shape index (κ1) is 21.5. The Morgan fingerprint density at radius 1 is 0.741 bits per heavy atom. The third-order valence-corrected chi connectivity index (χ3v) is 7.15. The van der Waals surface area contributed by atoms with E-state index in [9.17, 15) is 4.57 Å². The molecule has 0 unspecified atom stereocenters. The summed E-state index contributed by atoms with van der Waals surface area (Å²) < 4.78 is 18.8. The fraction of sp³-hybridized carbons (Fsp3) is 0.417. The average Bonchev–Trinajstić information content (AvgIpc) is 2.73. The largest absolute Gasteiger partial charge is 0.385 e. The van der Waals surface area contributed by atoms with E-state index in [1.165, 1.54) is 32.1 Å². The van der Waals surface area contributed by atoms with Gasteiger partial charge < -0.3 is 4.74 Å². The van der Waals surface area contributed by atoms with Crippen LogP contribution >= 0.6 is 7.14 Å². The minimum Gasteiger partial charge on any atom is -0.385 e. The van der Waals surface area contributed by atoms with E-state index >= 15 is 0 Å². The predicted molar refractivity (Wildman–Crippen MR) is 116 cm³/mol. The maximum Gasteiger partial charge on any atom is 0.210 e. The third-order valence-electron chi connectivity index (χ3n) is 4.63. The minimum absolute atomic E-state index is 0.813. The van der Waals surface area contributed by atoms with Gasteiger partial charge in [0.25, 0.3) is 0 Å². The van der Waals surface area contributed by atoms with Crippen molar-refractivity contribution in [2.24, 2.45) is 0 Å². The standard InChI is InChI=1S/C24H31O2P/c1-26-21-15-7-5-3-2-4-6-8-16-22-27(25,23-17-11-9-12-18-23)24-19-13-10-14-20-24/h9-14,17-20H,2-8,15,21H2,1H3. The van der Waals surface area contributed by atoms with Crippen LogP contribution in [0, 0.1) is 11.6 Å². The molecule has 2 rings (SSSR count). The maximum atomic E-state index is 13.7. The van der Waals surface area contributed by atoms with Crippen LogP contribution in [0.1, 0.15) is 51.4 Å². The van der Waals surface area contributed by atoms with E-state index < -0.39 is 7.14 Å². The van der Waals surface area contributed by atoms with Gasteiger partial charge in [-0.2, -0.15) is 0 Å². The van der Waals surface area contributed by atoms with Crippen molar-refractivity contribution in [3.8, 4) is 11.6 Å². The second kappa shape index (κ2) is 12.6. The number of benzene rings is 2. The highest BCUT2D eigenvalue weighted by Gasteiger charge is 2.24. The van der Waals surface area contributed by atoms with Crippen LogP contribution in [-0.2, 0) is 9.30 Å². The molecule has 0 radical (unpaired) electrons. The van der Waals surface area contributed by atoms with E-state index in [1.54, 1.807) is 7.11 Å². The van der Waals surface area contributed by atoms with Crippen LogP contribution in [-0.4, -0.2) is 13.7 Å². The molecular weight excluding hydrogens is 351 g/mol. The fourth-order valence-electron chi connectivity index (χ4n) is 3.06. The summed E-state index contributed by atoms with van der Waals surface area (Å²) in [6.45, 7) is 0.873. The monoisotopic (exact) mass is 382 g/mol. The summed E-state index contributed by atoms with van der Waals surface area (Å²) in [4.78, 5) is 0. The molecule has 0 aliphatic carbocycles. The van der Waals surface area contributed by atoms with Crippen LogP contribution < -0.4 is 10.6 Å². The fourth-order valence-corrected chi connectivity index (χ4v) is 5.14. The molecule has 27 heavy (non-hydrogen) atoms. The van der Waals surface area contributed by atoms with Crippen LogP contribution in [0.5, 0.6) is 0 Å². The summed E-state index contributed by atoms with van der Waals surface area (Å²) in [7, 11) is -1.11. The summed E-state index contributed by atoms with van der Waals surface area (Å²) in [5.41, 5.74) is 3.15. The lowest BCUT2D eigenvalue weighted by atomic mass is 10.1. The summed E-state index contributed by atoms with van der Waals surface area (Å²) in [6.07, 6.45) is 9.32. The smallest absolute Gasteiger partial charge is 0.210 e. The van der Waals surface area contributed by atoms with Crippen molar-refractivity contribution in [2.75, 3.05) is 13.7 Å². The first-order valence-corrected chi connectivity index (χ1v) is 11.7. The predicted octanol–water partition coefficient (Wildman–Crippen LogP) is 5.73. The third kappa shape index (κ3) is 7.37. The van der Waals surface area contributed by atoms with E-state index in [0.717, 1.165) is 36.5 Å². The van der Waals surface area contributed by atoms with Gasteiger partial charge in [-0.05, 0) is 18.5 Å². The Bertz CT molecular complexity index is 701. The van der Waals surface area contributed by atoms with Gasteiger partial charge in [-0.1, -0.05) is 98.7 Å². The first-order chi connectivity index (χ1) is 13.3. The summed E-state index contributed by atoms with van der Waals surface area (Å²) in [6, 6.07) is 19.3. The Morgan fingerprint density at radius 3 is 1.74 bits per heavy atom. The van der Waals surface area contributed by atoms with Crippen molar-refractivity contribution in [3.63, 3.8) is 0 Å². The number of ether oxygens (including phenoxy) is 1. The summed E-state index contributed by atoms with van der Waals surface area (Å²) in [5, 5.41) is 1.64. The van der Waals surface area contributed by atoms with E-state index in [2.05, 4.69) is 11.6 Å². The van der Waals surface area contributed by atoms with Gasteiger partial charge in [-0.15, -0.1) is 0 Å². The van der Waals surface area contributed by atoms with Gasteiger partial charge in [-0.3, -0.25) is 4.57 Å². The quantitative estimate of drug-likeness (QED) is 0.282. The maximum absolute atomic E-state index is 13.7. The van der Waals surface area contributed by atoms with Crippen molar-refractivity contribution < 1.29 is 9.30 Å². The Hall–Kier alpha value is -1.81. The van der Waals surface area contributed by atoms with Crippen LogP contribution in [0.15, 0.2) is 60.7 Å². The van der Waals surface area contributed by atoms with Crippen molar-refractivity contribution in [1.29, 1.82) is 0 Å². The summed E-state index contributed by atoms with van der Waals surface area (Å²) in [5.74, 6) is 3.21. The number of unbranched alkanes of at least 4 members (excludes halogenated alkanes) is 7. The zero-order chi connectivity index (χ0) is 19.2. The topological polar surface area (TPSA) is 26.3 Å². The number of rotatable bonds is 11. The molecule has 0 saturated carbocycles. The van der Waals surface area contributed by atoms with E-state index in [4.69, 9.17) is 4.74 Å². The van der Waals surface area contributed by atoms with E-state index in [-0.39, 0.29) is 0 Å². The number of methoxy groups -OCH3 is 1. The van der Waals surface area contributed by atoms with Gasteiger partial charge in [0.1, 0.15) is 0 Å². The highest BCUT2D eigenvalue weighted by Crippen LogP contribution is 2.41. The Morgan fingerprint density at radius 2 is 1.22 bits per heavy atom. The molecule has 0 fully saturated rings. The first-order valence-electron chi connectivity index (χ1n) is 9.98. The molecule has 0 saturated heterocycles. The van der Waals surface area contributed by atoms with Gasteiger partial charge >= 0.3 is 0 Å². The Kier molecular flexibility index (Phi) is 9.99. The van der Waals surface area contributed by atoms with Crippen LogP contribution in [0.2, 0.25) is 0 Å². The Balaban J connectivity index is 1.85. The van der Waals surface area contributed by atoms with Gasteiger partial charge in [0.15, 0.2) is 0 Å². The SMILES string of the molecule is COCCCCCCCCCC#CP(=O)(c1ccccc1)c1ccccc1. The number of hydrogen-bond acceptors (Lipinski definition) is 2. The van der Waals surface area contributed by atoms with Crippen molar-refractivity contribution in [1.82, 2.24) is 0 Å². The molecular formula is C24H31O2P. The molecule has 2 nitrogen and oxygen atoms in total. The average molecular weight is 382 g/mol. The lowest BCUT2D eigenvalue weighted by Crippen LogP contribution is -2.14. The van der Waals surface area contributed by atoms with E-state index in [0.29, 0.717) is 0 Å². The molecule has 3 heteroatoms.